The minimum absolute atomic E-state index is 0.0805. The van der Waals surface area contributed by atoms with Gasteiger partial charge in [-0.25, -0.2) is 4.39 Å². The first-order chi connectivity index (χ1) is 15.7. The van der Waals surface area contributed by atoms with Gasteiger partial charge < -0.3 is 5.32 Å². The van der Waals surface area contributed by atoms with Crippen LogP contribution in [0.3, 0.4) is 0 Å². The summed E-state index contributed by atoms with van der Waals surface area (Å²) in [5.74, 6) is -0.564. The van der Waals surface area contributed by atoms with Gasteiger partial charge in [0.05, 0.1) is 16.2 Å². The lowest BCUT2D eigenvalue weighted by Crippen LogP contribution is -2.39. The van der Waals surface area contributed by atoms with Crippen molar-refractivity contribution in [1.29, 1.82) is 0 Å². The van der Waals surface area contributed by atoms with Crippen molar-refractivity contribution in [3.8, 4) is 0 Å². The first kappa shape index (κ1) is 22.1. The van der Waals surface area contributed by atoms with Gasteiger partial charge in [-0.1, -0.05) is 11.6 Å². The molecule has 1 aromatic heterocycles. The molecular weight excluding hydrogens is 469 g/mol. The van der Waals surface area contributed by atoms with Gasteiger partial charge in [0.25, 0.3) is 5.91 Å². The van der Waals surface area contributed by atoms with Crippen LogP contribution in [0, 0.1) is 11.7 Å². The van der Waals surface area contributed by atoms with Crippen molar-refractivity contribution in [1.82, 2.24) is 14.1 Å². The summed E-state index contributed by atoms with van der Waals surface area (Å²) < 4.78 is 45.1. The van der Waals surface area contributed by atoms with E-state index in [1.54, 1.807) is 29.6 Å². The number of nitrogens with one attached hydrogen (secondary N) is 2. The molecule has 0 aliphatic heterocycles. The predicted molar refractivity (Wildman–Crippen MR) is 125 cm³/mol. The first-order valence-electron chi connectivity index (χ1n) is 10.7. The Bertz CT molecular complexity index is 1350. The fourth-order valence-electron chi connectivity index (χ4n) is 3.87. The van der Waals surface area contributed by atoms with E-state index in [2.05, 4.69) is 15.1 Å². The molecule has 1 amide bonds. The zero-order chi connectivity index (χ0) is 23.3. The van der Waals surface area contributed by atoms with Gasteiger partial charge in [-0.2, -0.15) is 17.8 Å². The molecule has 2 aliphatic rings. The van der Waals surface area contributed by atoms with Gasteiger partial charge in [0, 0.05) is 30.7 Å². The van der Waals surface area contributed by atoms with Crippen LogP contribution in [0.4, 0.5) is 15.8 Å². The van der Waals surface area contributed by atoms with E-state index >= 15 is 0 Å². The van der Waals surface area contributed by atoms with Gasteiger partial charge in [0.1, 0.15) is 11.5 Å². The van der Waals surface area contributed by atoms with Crippen LogP contribution in [0.1, 0.15) is 36.2 Å². The number of fused-ring (bicyclic) bond motifs is 1. The number of benzene rings is 2. The lowest BCUT2D eigenvalue weighted by molar-refractivity contribution is 0.101. The molecule has 2 saturated carbocycles. The number of aryl methyl sites for hydroxylation is 1. The fraction of sp³-hybridized carbons (Fsp3) is 0.364. The third-order valence-electron chi connectivity index (χ3n) is 5.87. The molecule has 0 spiro atoms. The Balaban J connectivity index is 1.38. The molecule has 33 heavy (non-hydrogen) atoms. The second kappa shape index (κ2) is 8.27. The van der Waals surface area contributed by atoms with Crippen LogP contribution >= 0.6 is 11.6 Å². The number of hydrogen-bond acceptors (Lipinski definition) is 4. The minimum atomic E-state index is -3.68. The highest BCUT2D eigenvalue weighted by Gasteiger charge is 2.40. The third-order valence-corrected chi connectivity index (χ3v) is 7.72. The molecule has 0 saturated heterocycles. The van der Waals surface area contributed by atoms with E-state index in [0.29, 0.717) is 34.7 Å². The zero-order valence-corrected chi connectivity index (χ0v) is 19.5. The number of aromatic nitrogens is 2. The maximum atomic E-state index is 13.4. The lowest BCUT2D eigenvalue weighted by Gasteiger charge is -2.22. The van der Waals surface area contributed by atoms with Crippen LogP contribution in [0.25, 0.3) is 10.9 Å². The van der Waals surface area contributed by atoms with Gasteiger partial charge in [0.15, 0.2) is 0 Å². The quantitative estimate of drug-likeness (QED) is 0.494. The smallest absolute Gasteiger partial charge is 0.301 e. The molecule has 11 heteroatoms. The molecule has 2 aliphatic carbocycles. The Morgan fingerprint density at radius 1 is 1.18 bits per heavy atom. The Kier molecular flexibility index (Phi) is 5.54. The summed E-state index contributed by atoms with van der Waals surface area (Å²) in [6.45, 7) is 0.559. The molecule has 1 heterocycles. The molecule has 3 aromatic rings. The standard InChI is InChI=1S/C22H23ClFN5O3S/c1-28-21(22(30)25-14-5-9-19(24)18(23)10-14)17-8-4-15(11-20(17)26-28)27-33(31,32)29(16-6-7-16)12-13-2-3-13/h4-5,8-11,13,16,27H,2-3,6-7,12H2,1H3,(H,25,30). The highest BCUT2D eigenvalue weighted by atomic mass is 35.5. The van der Waals surface area contributed by atoms with Gasteiger partial charge in [-0.15, -0.1) is 0 Å². The summed E-state index contributed by atoms with van der Waals surface area (Å²) >= 11 is 5.79. The van der Waals surface area contributed by atoms with Crippen molar-refractivity contribution < 1.29 is 17.6 Å². The van der Waals surface area contributed by atoms with E-state index < -0.39 is 21.9 Å². The Labute approximate surface area is 195 Å². The topological polar surface area (TPSA) is 96.3 Å². The van der Waals surface area contributed by atoms with Crippen molar-refractivity contribution in [2.75, 3.05) is 16.6 Å². The van der Waals surface area contributed by atoms with E-state index in [-0.39, 0.29) is 16.8 Å². The second-order valence-electron chi connectivity index (χ2n) is 8.64. The Hall–Kier alpha value is -2.69. The van der Waals surface area contributed by atoms with Gasteiger partial charge in [0.2, 0.25) is 0 Å². The zero-order valence-electron chi connectivity index (χ0n) is 17.9. The average molecular weight is 492 g/mol. The average Bonchev–Trinajstić information content (AvgIpc) is 3.65. The molecule has 174 valence electrons. The van der Waals surface area contributed by atoms with E-state index in [1.807, 2.05) is 0 Å². The molecular formula is C22H23ClFN5O3S. The maximum absolute atomic E-state index is 13.4. The second-order valence-corrected chi connectivity index (χ2v) is 10.7. The van der Waals surface area contributed by atoms with E-state index in [0.717, 1.165) is 25.7 Å². The molecule has 2 fully saturated rings. The highest BCUT2D eigenvalue weighted by Crippen LogP contribution is 2.37. The summed E-state index contributed by atoms with van der Waals surface area (Å²) in [6.07, 6.45) is 3.94. The molecule has 0 atom stereocenters. The largest absolute Gasteiger partial charge is 0.321 e. The number of rotatable bonds is 8. The summed E-state index contributed by atoms with van der Waals surface area (Å²) in [4.78, 5) is 12.9. The molecule has 2 N–H and O–H groups in total. The summed E-state index contributed by atoms with van der Waals surface area (Å²) in [6, 6.07) is 8.89. The number of carbonyl (C=O) groups is 1. The van der Waals surface area contributed by atoms with Crippen LogP contribution in [0.5, 0.6) is 0 Å². The summed E-state index contributed by atoms with van der Waals surface area (Å²) in [5.41, 5.74) is 1.49. The normalized spacial score (nSPS) is 16.4. The number of carbonyl (C=O) groups excluding carboxylic acids is 1. The monoisotopic (exact) mass is 491 g/mol. The van der Waals surface area contributed by atoms with Crippen LogP contribution in [-0.2, 0) is 17.3 Å². The fourth-order valence-corrected chi connectivity index (χ4v) is 5.60. The Morgan fingerprint density at radius 3 is 2.58 bits per heavy atom. The van der Waals surface area contributed by atoms with Crippen LogP contribution in [-0.4, -0.2) is 41.0 Å². The van der Waals surface area contributed by atoms with Gasteiger partial charge in [-0.3, -0.25) is 14.2 Å². The first-order valence-corrected chi connectivity index (χ1v) is 12.6. The van der Waals surface area contributed by atoms with Crippen molar-refractivity contribution in [2.45, 2.75) is 31.7 Å². The SMILES string of the molecule is Cn1nc2cc(NS(=O)(=O)N(CC3CC3)C3CC3)ccc2c1C(=O)Nc1ccc(F)c(Cl)c1. The molecule has 0 radical (unpaired) electrons. The molecule has 5 rings (SSSR count). The van der Waals surface area contributed by atoms with Crippen molar-refractivity contribution in [3.05, 3.63) is 52.9 Å². The molecule has 8 nitrogen and oxygen atoms in total. The van der Waals surface area contributed by atoms with Crippen LogP contribution < -0.4 is 10.0 Å². The Morgan fingerprint density at radius 2 is 1.91 bits per heavy atom. The van der Waals surface area contributed by atoms with E-state index in [4.69, 9.17) is 11.6 Å². The molecule has 2 aromatic carbocycles. The summed E-state index contributed by atoms with van der Waals surface area (Å²) in [7, 11) is -2.05. The van der Waals surface area contributed by atoms with Gasteiger partial charge >= 0.3 is 10.2 Å². The number of hydrogen-bond donors (Lipinski definition) is 2. The van der Waals surface area contributed by atoms with Crippen molar-refractivity contribution in [3.63, 3.8) is 0 Å². The molecule has 0 unspecified atom stereocenters. The highest BCUT2D eigenvalue weighted by molar-refractivity contribution is 7.90. The number of anilines is 2. The lowest BCUT2D eigenvalue weighted by atomic mass is 10.2. The number of halogens is 2. The molecule has 0 bridgehead atoms. The van der Waals surface area contributed by atoms with E-state index in [9.17, 15) is 17.6 Å². The van der Waals surface area contributed by atoms with Crippen molar-refractivity contribution >= 4 is 50.0 Å². The van der Waals surface area contributed by atoms with Gasteiger partial charge in [-0.05, 0) is 68.0 Å². The minimum Gasteiger partial charge on any atom is -0.321 e. The number of amides is 1. The predicted octanol–water partition coefficient (Wildman–Crippen LogP) is 4.15. The third kappa shape index (κ3) is 4.68. The van der Waals surface area contributed by atoms with Crippen molar-refractivity contribution in [2.24, 2.45) is 13.0 Å². The number of nitrogens with zero attached hydrogens (tertiary/aromatic N) is 3. The van der Waals surface area contributed by atoms with Crippen LogP contribution in [0.15, 0.2) is 36.4 Å². The van der Waals surface area contributed by atoms with E-state index in [1.165, 1.54) is 22.9 Å². The maximum Gasteiger partial charge on any atom is 0.301 e. The summed E-state index contributed by atoms with van der Waals surface area (Å²) in [5, 5.41) is 7.52. The van der Waals surface area contributed by atoms with Crippen LogP contribution in [0.2, 0.25) is 5.02 Å².